The van der Waals surface area contributed by atoms with Gasteiger partial charge in [-0.3, -0.25) is 0 Å². The maximum Gasteiger partial charge on any atom is 0.164 e. The van der Waals surface area contributed by atoms with E-state index in [1.807, 2.05) is 18.2 Å². The summed E-state index contributed by atoms with van der Waals surface area (Å²) < 4.78 is 0. The van der Waals surface area contributed by atoms with Crippen LogP contribution in [0.3, 0.4) is 0 Å². The van der Waals surface area contributed by atoms with Crippen molar-refractivity contribution in [3.05, 3.63) is 221 Å². The van der Waals surface area contributed by atoms with E-state index in [-0.39, 0.29) is 5.41 Å². The number of benzene rings is 9. The lowest BCUT2D eigenvalue weighted by molar-refractivity contribution is 0.563. The summed E-state index contributed by atoms with van der Waals surface area (Å²) in [5.41, 5.74) is 12.7. The molecule has 0 amide bonds. The Morgan fingerprint density at radius 3 is 1.31 bits per heavy atom. The van der Waals surface area contributed by atoms with E-state index < -0.39 is 5.41 Å². The van der Waals surface area contributed by atoms with E-state index >= 15 is 0 Å². The molecule has 2 aliphatic rings. The Balaban J connectivity index is 1.10. The second-order valence-corrected chi connectivity index (χ2v) is 16.3. The first-order valence-corrected chi connectivity index (χ1v) is 20.1. The van der Waals surface area contributed by atoms with E-state index in [0.29, 0.717) is 17.5 Å². The molecule has 0 fully saturated rings. The molecule has 1 spiro atoms. The molecule has 10 aromatic rings. The number of fused-ring (bicyclic) bond motifs is 15. The molecule has 0 unspecified atom stereocenters. The summed E-state index contributed by atoms with van der Waals surface area (Å²) in [6, 6.07) is 68.3. The SMILES string of the molecule is CC1(C)c2ccccc2C2(c3ccccc3-c3ccccc32)c2ccc(-c3nc(-c4ccccc4)nc(-c4ccc5c6ccccc6c6ccccc6c5c4)n3)cc21. The number of hydrogen-bond acceptors (Lipinski definition) is 3. The molecule has 0 aliphatic heterocycles. The molecule has 1 aromatic heterocycles. The average molecular weight is 740 g/mol. The van der Waals surface area contributed by atoms with Gasteiger partial charge in [0.1, 0.15) is 0 Å². The molecule has 0 bridgehead atoms. The largest absolute Gasteiger partial charge is 0.208 e. The summed E-state index contributed by atoms with van der Waals surface area (Å²) in [5.74, 6) is 1.97. The lowest BCUT2D eigenvalue weighted by Gasteiger charge is -2.46. The summed E-state index contributed by atoms with van der Waals surface area (Å²) in [7, 11) is 0. The lowest BCUT2D eigenvalue weighted by Crippen LogP contribution is -2.40. The Labute approximate surface area is 337 Å². The van der Waals surface area contributed by atoms with Crippen LogP contribution in [0.4, 0.5) is 0 Å². The highest BCUT2D eigenvalue weighted by Crippen LogP contribution is 2.62. The van der Waals surface area contributed by atoms with Crippen molar-refractivity contribution in [2.24, 2.45) is 0 Å². The molecule has 0 radical (unpaired) electrons. The first kappa shape index (κ1) is 33.0. The van der Waals surface area contributed by atoms with E-state index in [9.17, 15) is 0 Å². The molecule has 0 saturated heterocycles. The first-order valence-electron chi connectivity index (χ1n) is 20.1. The highest BCUT2D eigenvalue weighted by molar-refractivity contribution is 6.25. The molecule has 0 N–H and O–H groups in total. The van der Waals surface area contributed by atoms with Gasteiger partial charge in [-0.15, -0.1) is 0 Å². The first-order chi connectivity index (χ1) is 28.5. The third kappa shape index (κ3) is 4.47. The van der Waals surface area contributed by atoms with Gasteiger partial charge >= 0.3 is 0 Å². The van der Waals surface area contributed by atoms with Crippen LogP contribution in [-0.4, -0.2) is 15.0 Å². The Morgan fingerprint density at radius 2 is 0.707 bits per heavy atom. The van der Waals surface area contributed by atoms with Crippen LogP contribution in [0.25, 0.3) is 77.6 Å². The van der Waals surface area contributed by atoms with Crippen LogP contribution in [0.5, 0.6) is 0 Å². The van der Waals surface area contributed by atoms with Crippen LogP contribution in [0.1, 0.15) is 47.2 Å². The van der Waals surface area contributed by atoms with Crippen molar-refractivity contribution in [1.29, 1.82) is 0 Å². The Hall–Kier alpha value is -7.23. The van der Waals surface area contributed by atoms with Gasteiger partial charge in [-0.25, -0.2) is 15.0 Å². The standard InChI is InChI=1S/C55H37N3/c1-54(2)47-26-14-15-27-48(47)55(45-24-12-10-22-42(45)43-23-11-13-25-46(43)55)49-31-29-36(33-50(49)54)53-57-51(34-16-4-3-5-17-34)56-52(58-53)35-28-30-41-39-20-7-6-18-37(39)38-19-8-9-21-40(38)44(41)32-35/h3-33H,1-2H3. The number of rotatable bonds is 3. The number of aromatic nitrogens is 3. The number of nitrogens with zero attached hydrogens (tertiary/aromatic N) is 3. The fourth-order valence-corrected chi connectivity index (χ4v) is 10.4. The van der Waals surface area contributed by atoms with Crippen molar-refractivity contribution < 1.29 is 0 Å². The predicted molar refractivity (Wildman–Crippen MR) is 238 cm³/mol. The average Bonchev–Trinajstić information content (AvgIpc) is 3.59. The molecule has 0 saturated carbocycles. The van der Waals surface area contributed by atoms with Gasteiger partial charge in [0.25, 0.3) is 0 Å². The second kappa shape index (κ2) is 12.1. The predicted octanol–water partition coefficient (Wildman–Crippen LogP) is 13.3. The van der Waals surface area contributed by atoms with Crippen LogP contribution in [0.15, 0.2) is 188 Å². The molecule has 58 heavy (non-hydrogen) atoms. The zero-order valence-corrected chi connectivity index (χ0v) is 32.2. The van der Waals surface area contributed by atoms with E-state index in [2.05, 4.69) is 184 Å². The molecule has 12 rings (SSSR count). The Bertz CT molecular complexity index is 3240. The topological polar surface area (TPSA) is 38.7 Å². The van der Waals surface area contributed by atoms with Crippen LogP contribution >= 0.6 is 0 Å². The summed E-state index contributed by atoms with van der Waals surface area (Å²) >= 11 is 0. The van der Waals surface area contributed by atoms with E-state index in [1.54, 1.807) is 0 Å². The molecule has 3 heteroatoms. The van der Waals surface area contributed by atoms with Crippen molar-refractivity contribution in [2.75, 3.05) is 0 Å². The lowest BCUT2D eigenvalue weighted by atomic mass is 9.55. The molecular weight excluding hydrogens is 703 g/mol. The van der Waals surface area contributed by atoms with Gasteiger partial charge in [0, 0.05) is 22.1 Å². The smallest absolute Gasteiger partial charge is 0.164 e. The molecule has 1 heterocycles. The summed E-state index contributed by atoms with van der Waals surface area (Å²) in [6.45, 7) is 4.73. The highest BCUT2D eigenvalue weighted by Gasteiger charge is 2.53. The van der Waals surface area contributed by atoms with Gasteiger partial charge < -0.3 is 0 Å². The van der Waals surface area contributed by atoms with E-state index in [0.717, 1.165) is 16.7 Å². The molecular formula is C55H37N3. The summed E-state index contributed by atoms with van der Waals surface area (Å²) in [4.78, 5) is 15.7. The summed E-state index contributed by atoms with van der Waals surface area (Å²) in [6.07, 6.45) is 0. The van der Waals surface area contributed by atoms with Crippen LogP contribution < -0.4 is 0 Å². The van der Waals surface area contributed by atoms with Gasteiger partial charge in [0.15, 0.2) is 17.5 Å². The minimum Gasteiger partial charge on any atom is -0.208 e. The second-order valence-electron chi connectivity index (χ2n) is 16.3. The third-order valence-electron chi connectivity index (χ3n) is 13.0. The highest BCUT2D eigenvalue weighted by atomic mass is 15.0. The number of hydrogen-bond donors (Lipinski definition) is 0. The minimum absolute atomic E-state index is 0.292. The third-order valence-corrected chi connectivity index (χ3v) is 13.0. The molecule has 0 atom stereocenters. The van der Waals surface area contributed by atoms with Gasteiger partial charge in [-0.1, -0.05) is 190 Å². The van der Waals surface area contributed by atoms with Gasteiger partial charge in [-0.05, 0) is 89.0 Å². The molecule has 2 aliphatic carbocycles. The van der Waals surface area contributed by atoms with Crippen molar-refractivity contribution in [1.82, 2.24) is 15.0 Å². The van der Waals surface area contributed by atoms with E-state index in [4.69, 9.17) is 15.0 Å². The maximum atomic E-state index is 5.33. The van der Waals surface area contributed by atoms with Gasteiger partial charge in [0.2, 0.25) is 0 Å². The van der Waals surface area contributed by atoms with Crippen molar-refractivity contribution >= 4 is 32.3 Å². The summed E-state index contributed by atoms with van der Waals surface area (Å²) in [5, 5.41) is 7.37. The normalized spacial score (nSPS) is 14.3. The fourth-order valence-electron chi connectivity index (χ4n) is 10.4. The van der Waals surface area contributed by atoms with Crippen molar-refractivity contribution in [2.45, 2.75) is 24.7 Å². The van der Waals surface area contributed by atoms with Gasteiger partial charge in [-0.2, -0.15) is 0 Å². The zero-order chi connectivity index (χ0) is 38.6. The Morgan fingerprint density at radius 1 is 0.293 bits per heavy atom. The van der Waals surface area contributed by atoms with Crippen LogP contribution in [0, 0.1) is 0 Å². The van der Waals surface area contributed by atoms with Crippen LogP contribution in [0.2, 0.25) is 0 Å². The van der Waals surface area contributed by atoms with Crippen molar-refractivity contribution in [3.63, 3.8) is 0 Å². The van der Waals surface area contributed by atoms with Crippen molar-refractivity contribution in [3.8, 4) is 45.3 Å². The maximum absolute atomic E-state index is 5.33. The van der Waals surface area contributed by atoms with Gasteiger partial charge in [0.05, 0.1) is 5.41 Å². The molecule has 9 aromatic carbocycles. The molecule has 272 valence electrons. The quantitative estimate of drug-likeness (QED) is 0.169. The fraction of sp³-hybridized carbons (Fsp3) is 0.0727. The van der Waals surface area contributed by atoms with Crippen LogP contribution in [-0.2, 0) is 10.8 Å². The molecule has 3 nitrogen and oxygen atoms in total. The monoisotopic (exact) mass is 739 g/mol. The zero-order valence-electron chi connectivity index (χ0n) is 32.2. The minimum atomic E-state index is -0.454. The Kier molecular flexibility index (Phi) is 6.90. The van der Waals surface area contributed by atoms with E-state index in [1.165, 1.54) is 76.8 Å².